The van der Waals surface area contributed by atoms with Crippen molar-refractivity contribution in [3.63, 3.8) is 0 Å². The van der Waals surface area contributed by atoms with Crippen molar-refractivity contribution in [2.75, 3.05) is 0 Å². The van der Waals surface area contributed by atoms with Crippen molar-refractivity contribution in [2.24, 2.45) is 0 Å². The first kappa shape index (κ1) is 17.5. The van der Waals surface area contributed by atoms with Gasteiger partial charge in [0.2, 0.25) is 0 Å². The lowest BCUT2D eigenvalue weighted by Gasteiger charge is -2.22. The maximum Gasteiger partial charge on any atom is 0.255 e. The zero-order valence-electron chi connectivity index (χ0n) is 15.2. The normalized spacial score (nSPS) is 18.1. The number of rotatable bonds is 7. The molecule has 2 atom stereocenters. The van der Waals surface area contributed by atoms with E-state index >= 15 is 0 Å². The molecule has 1 amide bonds. The number of benzene rings is 3. The Morgan fingerprint density at radius 1 is 0.704 bits per heavy atom. The van der Waals surface area contributed by atoms with Crippen LogP contribution in [-0.4, -0.2) is 23.0 Å². The van der Waals surface area contributed by atoms with E-state index in [4.69, 9.17) is 4.74 Å². The Morgan fingerprint density at radius 3 is 1.63 bits per heavy atom. The van der Waals surface area contributed by atoms with Crippen LogP contribution in [0.4, 0.5) is 0 Å². The highest BCUT2D eigenvalue weighted by Gasteiger charge is 2.46. The molecule has 1 saturated heterocycles. The first-order chi connectivity index (χ1) is 13.3. The van der Waals surface area contributed by atoms with E-state index in [0.717, 1.165) is 17.5 Å². The van der Waals surface area contributed by atoms with E-state index in [1.165, 1.54) is 5.56 Å². The third-order valence-corrected chi connectivity index (χ3v) is 4.85. The van der Waals surface area contributed by atoms with Crippen molar-refractivity contribution in [1.82, 2.24) is 4.90 Å². The Balaban J connectivity index is 1.45. The zero-order chi connectivity index (χ0) is 18.5. The third kappa shape index (κ3) is 4.63. The molecule has 0 bridgehead atoms. The predicted octanol–water partition coefficient (Wildman–Crippen LogP) is 4.23. The maximum atomic E-state index is 13.1. The molecule has 3 aromatic carbocycles. The number of ether oxygens (including phenoxy) is 1. The largest absolute Gasteiger partial charge is 0.359 e. The Morgan fingerprint density at radius 2 is 1.15 bits per heavy atom. The van der Waals surface area contributed by atoms with Crippen molar-refractivity contribution in [1.29, 1.82) is 0 Å². The highest BCUT2D eigenvalue weighted by Crippen LogP contribution is 2.29. The van der Waals surface area contributed by atoms with Crippen molar-refractivity contribution >= 4 is 5.91 Å². The van der Waals surface area contributed by atoms with Gasteiger partial charge in [-0.1, -0.05) is 91.0 Å². The lowest BCUT2D eigenvalue weighted by atomic mass is 10.1. The molecule has 1 fully saturated rings. The van der Waals surface area contributed by atoms with Gasteiger partial charge >= 0.3 is 0 Å². The summed E-state index contributed by atoms with van der Waals surface area (Å²) < 4.78 is 5.75. The van der Waals surface area contributed by atoms with E-state index in [-0.39, 0.29) is 18.1 Å². The van der Waals surface area contributed by atoms with Crippen LogP contribution >= 0.6 is 0 Å². The van der Waals surface area contributed by atoms with E-state index in [9.17, 15) is 4.79 Å². The topological polar surface area (TPSA) is 32.8 Å². The smallest absolute Gasteiger partial charge is 0.255 e. The minimum absolute atomic E-state index is 0.0195. The molecule has 0 aliphatic carbocycles. The summed E-state index contributed by atoms with van der Waals surface area (Å²) in [4.78, 5) is 15.0. The minimum atomic E-state index is -0.336. The average Bonchev–Trinajstić information content (AvgIpc) is 3.48. The van der Waals surface area contributed by atoms with Crippen LogP contribution in [0, 0.1) is 0 Å². The Labute approximate surface area is 160 Å². The molecule has 0 N–H and O–H groups in total. The second-order valence-electron chi connectivity index (χ2n) is 6.95. The van der Waals surface area contributed by atoms with Crippen molar-refractivity contribution < 1.29 is 9.53 Å². The summed E-state index contributed by atoms with van der Waals surface area (Å²) in [5.74, 6) is 0.0728. The molecule has 0 radical (unpaired) electrons. The van der Waals surface area contributed by atoms with E-state index < -0.39 is 0 Å². The fourth-order valence-corrected chi connectivity index (χ4v) is 3.36. The fourth-order valence-electron chi connectivity index (χ4n) is 3.36. The van der Waals surface area contributed by atoms with Gasteiger partial charge in [0.1, 0.15) is 0 Å². The Bertz CT molecular complexity index is 823. The molecule has 4 rings (SSSR count). The van der Waals surface area contributed by atoms with Gasteiger partial charge in [0.15, 0.2) is 6.10 Å². The van der Waals surface area contributed by atoms with Gasteiger partial charge in [0.05, 0.1) is 6.10 Å². The molecule has 3 aromatic rings. The monoisotopic (exact) mass is 357 g/mol. The van der Waals surface area contributed by atoms with E-state index in [2.05, 4.69) is 36.4 Å². The Kier molecular flexibility index (Phi) is 5.31. The standard InChI is InChI=1S/C24H23NO2/c26-24(23-22(27-23)16-19-10-4-1-5-11-19)25(17-20-12-6-2-7-13-20)18-21-14-8-3-9-15-21/h1-15,22-23H,16-18H2. The lowest BCUT2D eigenvalue weighted by molar-refractivity contribution is -0.133. The minimum Gasteiger partial charge on any atom is -0.359 e. The average molecular weight is 357 g/mol. The van der Waals surface area contributed by atoms with Crippen LogP contribution in [0.3, 0.4) is 0 Å². The SMILES string of the molecule is O=C(C1OC1Cc1ccccc1)N(Cc1ccccc1)Cc1ccccc1. The van der Waals surface area contributed by atoms with E-state index in [0.29, 0.717) is 13.1 Å². The predicted molar refractivity (Wildman–Crippen MR) is 106 cm³/mol. The van der Waals surface area contributed by atoms with Crippen LogP contribution < -0.4 is 0 Å². The van der Waals surface area contributed by atoms with Gasteiger partial charge in [-0.2, -0.15) is 0 Å². The number of amides is 1. The van der Waals surface area contributed by atoms with Crippen LogP contribution in [-0.2, 0) is 29.0 Å². The first-order valence-electron chi connectivity index (χ1n) is 9.35. The number of hydrogen-bond donors (Lipinski definition) is 0. The van der Waals surface area contributed by atoms with Gasteiger partial charge in [-0.15, -0.1) is 0 Å². The highest BCUT2D eigenvalue weighted by molar-refractivity contribution is 5.84. The molecule has 1 heterocycles. The van der Waals surface area contributed by atoms with E-state index in [1.54, 1.807) is 0 Å². The fraction of sp³-hybridized carbons (Fsp3) is 0.208. The number of carbonyl (C=O) groups excluding carboxylic acids is 1. The second kappa shape index (κ2) is 8.19. The quantitative estimate of drug-likeness (QED) is 0.593. The second-order valence-corrected chi connectivity index (χ2v) is 6.95. The van der Waals surface area contributed by atoms with Crippen molar-refractivity contribution in [2.45, 2.75) is 31.7 Å². The molecule has 0 saturated carbocycles. The van der Waals surface area contributed by atoms with Gasteiger partial charge in [-0.3, -0.25) is 4.79 Å². The summed E-state index contributed by atoms with van der Waals surface area (Å²) in [6, 6.07) is 30.4. The Hall–Kier alpha value is -2.91. The van der Waals surface area contributed by atoms with Gasteiger partial charge in [0.25, 0.3) is 5.91 Å². The third-order valence-electron chi connectivity index (χ3n) is 4.85. The van der Waals surface area contributed by atoms with Gasteiger partial charge < -0.3 is 9.64 Å². The number of nitrogens with zero attached hydrogens (tertiary/aromatic N) is 1. The summed E-state index contributed by atoms with van der Waals surface area (Å²) >= 11 is 0. The molecule has 1 aliphatic rings. The zero-order valence-corrected chi connectivity index (χ0v) is 15.2. The van der Waals surface area contributed by atoms with Gasteiger partial charge in [0, 0.05) is 19.5 Å². The number of carbonyl (C=O) groups is 1. The molecule has 136 valence electrons. The molecule has 27 heavy (non-hydrogen) atoms. The molecule has 0 spiro atoms. The molecule has 3 nitrogen and oxygen atoms in total. The van der Waals surface area contributed by atoms with Crippen LogP contribution in [0.5, 0.6) is 0 Å². The summed E-state index contributed by atoms with van der Waals surface area (Å²) in [5, 5.41) is 0. The summed E-state index contributed by atoms with van der Waals surface area (Å²) in [5.41, 5.74) is 3.46. The molecule has 1 aliphatic heterocycles. The number of epoxide rings is 1. The van der Waals surface area contributed by atoms with Crippen molar-refractivity contribution in [3.8, 4) is 0 Å². The summed E-state index contributed by atoms with van der Waals surface area (Å²) in [6.45, 7) is 1.18. The molecule has 2 unspecified atom stereocenters. The summed E-state index contributed by atoms with van der Waals surface area (Å²) in [7, 11) is 0. The maximum absolute atomic E-state index is 13.1. The molecule has 0 aromatic heterocycles. The summed E-state index contributed by atoms with van der Waals surface area (Å²) in [6.07, 6.45) is 0.425. The molecular formula is C24H23NO2. The van der Waals surface area contributed by atoms with Crippen LogP contribution in [0.25, 0.3) is 0 Å². The van der Waals surface area contributed by atoms with Gasteiger partial charge in [-0.25, -0.2) is 0 Å². The van der Waals surface area contributed by atoms with Crippen LogP contribution in [0.15, 0.2) is 91.0 Å². The van der Waals surface area contributed by atoms with Crippen LogP contribution in [0.2, 0.25) is 0 Å². The van der Waals surface area contributed by atoms with Crippen LogP contribution in [0.1, 0.15) is 16.7 Å². The van der Waals surface area contributed by atoms with Gasteiger partial charge in [-0.05, 0) is 16.7 Å². The first-order valence-corrected chi connectivity index (χ1v) is 9.35. The van der Waals surface area contributed by atoms with Crippen molar-refractivity contribution in [3.05, 3.63) is 108 Å². The van der Waals surface area contributed by atoms with E-state index in [1.807, 2.05) is 59.5 Å². The molecule has 3 heteroatoms. The number of hydrogen-bond acceptors (Lipinski definition) is 2. The highest BCUT2D eigenvalue weighted by atomic mass is 16.6. The lowest BCUT2D eigenvalue weighted by Crippen LogP contribution is -2.34. The molecular weight excluding hydrogens is 334 g/mol.